The standard InChI is InChI=1S/C16H29NO/c1-3-6-15(9-10-15)12-17-13-11-14(18-4-2)16(13)7-5-8-16/h13-14,17H,3-12H2,1-2H3. The van der Waals surface area contributed by atoms with Crippen LogP contribution in [0.15, 0.2) is 0 Å². The third-order valence-electron chi connectivity index (χ3n) is 5.90. The van der Waals surface area contributed by atoms with Crippen LogP contribution < -0.4 is 5.32 Å². The van der Waals surface area contributed by atoms with Crippen LogP contribution >= 0.6 is 0 Å². The Morgan fingerprint density at radius 3 is 2.44 bits per heavy atom. The van der Waals surface area contributed by atoms with E-state index >= 15 is 0 Å². The van der Waals surface area contributed by atoms with E-state index in [1.165, 1.54) is 57.9 Å². The highest BCUT2D eigenvalue weighted by Crippen LogP contribution is 2.58. The van der Waals surface area contributed by atoms with Gasteiger partial charge in [0.15, 0.2) is 0 Å². The Hall–Kier alpha value is -0.0800. The molecule has 0 aromatic rings. The quantitative estimate of drug-likeness (QED) is 0.747. The Kier molecular flexibility index (Phi) is 3.44. The predicted molar refractivity (Wildman–Crippen MR) is 74.7 cm³/mol. The van der Waals surface area contributed by atoms with Gasteiger partial charge in [-0.3, -0.25) is 0 Å². The molecule has 18 heavy (non-hydrogen) atoms. The van der Waals surface area contributed by atoms with Gasteiger partial charge in [-0.25, -0.2) is 0 Å². The van der Waals surface area contributed by atoms with Crippen molar-refractivity contribution in [2.24, 2.45) is 10.8 Å². The van der Waals surface area contributed by atoms with Gasteiger partial charge < -0.3 is 10.1 Å². The molecule has 0 aromatic heterocycles. The van der Waals surface area contributed by atoms with E-state index in [0.29, 0.717) is 16.9 Å². The topological polar surface area (TPSA) is 21.3 Å². The molecular weight excluding hydrogens is 222 g/mol. The van der Waals surface area contributed by atoms with Crippen LogP contribution in [0, 0.1) is 10.8 Å². The Labute approximate surface area is 112 Å². The van der Waals surface area contributed by atoms with Gasteiger partial charge in [-0.15, -0.1) is 0 Å². The van der Waals surface area contributed by atoms with Gasteiger partial charge in [-0.2, -0.15) is 0 Å². The van der Waals surface area contributed by atoms with Crippen molar-refractivity contribution in [2.75, 3.05) is 13.2 Å². The molecule has 0 amide bonds. The van der Waals surface area contributed by atoms with E-state index in [9.17, 15) is 0 Å². The summed E-state index contributed by atoms with van der Waals surface area (Å²) in [5.41, 5.74) is 1.23. The minimum absolute atomic E-state index is 0.540. The van der Waals surface area contributed by atoms with Crippen LogP contribution in [-0.4, -0.2) is 25.3 Å². The molecule has 2 unspecified atom stereocenters. The fraction of sp³-hybridized carbons (Fsp3) is 1.00. The number of nitrogens with one attached hydrogen (secondary N) is 1. The van der Waals surface area contributed by atoms with Crippen LogP contribution in [0.1, 0.15) is 65.2 Å². The molecule has 0 bridgehead atoms. The molecule has 3 aliphatic carbocycles. The smallest absolute Gasteiger partial charge is 0.0661 e. The van der Waals surface area contributed by atoms with E-state index < -0.39 is 0 Å². The average Bonchev–Trinajstić information content (AvgIpc) is 3.01. The second-order valence-electron chi connectivity index (χ2n) is 6.95. The molecule has 2 heteroatoms. The molecule has 0 saturated heterocycles. The van der Waals surface area contributed by atoms with Crippen LogP contribution in [-0.2, 0) is 4.74 Å². The highest BCUT2D eigenvalue weighted by Gasteiger charge is 2.59. The highest BCUT2D eigenvalue weighted by molar-refractivity contribution is 5.12. The van der Waals surface area contributed by atoms with Crippen LogP contribution in [0.4, 0.5) is 0 Å². The number of rotatable bonds is 7. The van der Waals surface area contributed by atoms with Crippen molar-refractivity contribution >= 4 is 0 Å². The van der Waals surface area contributed by atoms with Gasteiger partial charge >= 0.3 is 0 Å². The Morgan fingerprint density at radius 1 is 1.17 bits per heavy atom. The van der Waals surface area contributed by atoms with Crippen LogP contribution in [0.2, 0.25) is 0 Å². The first-order valence-corrected chi connectivity index (χ1v) is 8.10. The zero-order valence-electron chi connectivity index (χ0n) is 12.1. The second-order valence-corrected chi connectivity index (χ2v) is 6.95. The maximum absolute atomic E-state index is 5.92. The average molecular weight is 251 g/mol. The summed E-state index contributed by atoms with van der Waals surface area (Å²) in [6.07, 6.45) is 11.7. The summed E-state index contributed by atoms with van der Waals surface area (Å²) in [5, 5.41) is 3.91. The molecule has 0 radical (unpaired) electrons. The molecule has 1 N–H and O–H groups in total. The van der Waals surface area contributed by atoms with Crippen molar-refractivity contribution in [1.29, 1.82) is 0 Å². The zero-order chi connectivity index (χ0) is 12.6. The maximum Gasteiger partial charge on any atom is 0.0661 e. The van der Waals surface area contributed by atoms with E-state index in [0.717, 1.165) is 12.6 Å². The lowest BCUT2D eigenvalue weighted by Gasteiger charge is -2.61. The fourth-order valence-electron chi connectivity index (χ4n) is 4.29. The lowest BCUT2D eigenvalue weighted by molar-refractivity contribution is -0.173. The van der Waals surface area contributed by atoms with E-state index in [2.05, 4.69) is 19.2 Å². The zero-order valence-corrected chi connectivity index (χ0v) is 12.1. The lowest BCUT2D eigenvalue weighted by Crippen LogP contribution is -2.67. The number of hydrogen-bond acceptors (Lipinski definition) is 2. The van der Waals surface area contributed by atoms with Crippen molar-refractivity contribution in [3.05, 3.63) is 0 Å². The first-order chi connectivity index (χ1) is 8.75. The van der Waals surface area contributed by atoms with Crippen molar-refractivity contribution in [3.63, 3.8) is 0 Å². The monoisotopic (exact) mass is 251 g/mol. The summed E-state index contributed by atoms with van der Waals surface area (Å²) in [6.45, 7) is 6.61. The summed E-state index contributed by atoms with van der Waals surface area (Å²) in [5.74, 6) is 0. The lowest BCUT2D eigenvalue weighted by atomic mass is 9.51. The summed E-state index contributed by atoms with van der Waals surface area (Å²) in [7, 11) is 0. The minimum atomic E-state index is 0.540. The van der Waals surface area contributed by atoms with Gasteiger partial charge in [-0.05, 0) is 50.9 Å². The van der Waals surface area contributed by atoms with Crippen LogP contribution in [0.25, 0.3) is 0 Å². The van der Waals surface area contributed by atoms with Gasteiger partial charge in [-0.1, -0.05) is 19.8 Å². The largest absolute Gasteiger partial charge is 0.378 e. The summed E-state index contributed by atoms with van der Waals surface area (Å²) in [4.78, 5) is 0. The molecule has 0 heterocycles. The molecule has 3 saturated carbocycles. The summed E-state index contributed by atoms with van der Waals surface area (Å²) < 4.78 is 5.92. The van der Waals surface area contributed by atoms with Crippen molar-refractivity contribution in [3.8, 4) is 0 Å². The maximum atomic E-state index is 5.92. The van der Waals surface area contributed by atoms with Crippen LogP contribution in [0.5, 0.6) is 0 Å². The molecule has 0 aromatic carbocycles. The normalized spacial score (nSPS) is 35.0. The molecular formula is C16H29NO. The van der Waals surface area contributed by atoms with E-state index in [4.69, 9.17) is 4.74 Å². The first kappa shape index (κ1) is 12.9. The van der Waals surface area contributed by atoms with Gasteiger partial charge in [0, 0.05) is 24.6 Å². The third-order valence-corrected chi connectivity index (χ3v) is 5.90. The van der Waals surface area contributed by atoms with Gasteiger partial charge in [0.25, 0.3) is 0 Å². The minimum Gasteiger partial charge on any atom is -0.378 e. The van der Waals surface area contributed by atoms with Crippen molar-refractivity contribution < 1.29 is 4.74 Å². The predicted octanol–water partition coefficient (Wildman–Crippen LogP) is 3.50. The summed E-state index contributed by atoms with van der Waals surface area (Å²) in [6, 6.07) is 0.761. The molecule has 1 spiro atoms. The summed E-state index contributed by atoms with van der Waals surface area (Å²) >= 11 is 0. The first-order valence-electron chi connectivity index (χ1n) is 8.10. The molecule has 0 aliphatic heterocycles. The molecule has 104 valence electrons. The van der Waals surface area contributed by atoms with E-state index in [-0.39, 0.29) is 0 Å². The number of hydrogen-bond donors (Lipinski definition) is 1. The molecule has 3 aliphatic rings. The third kappa shape index (κ3) is 2.02. The molecule has 2 atom stereocenters. The van der Waals surface area contributed by atoms with Crippen LogP contribution in [0.3, 0.4) is 0 Å². The SMILES string of the molecule is CCCC1(CNC2CC(OCC)C23CCC3)CC1. The van der Waals surface area contributed by atoms with E-state index in [1.54, 1.807) is 0 Å². The fourth-order valence-corrected chi connectivity index (χ4v) is 4.29. The molecule has 3 fully saturated rings. The Balaban J connectivity index is 1.49. The molecule has 3 rings (SSSR count). The van der Waals surface area contributed by atoms with Crippen molar-refractivity contribution in [1.82, 2.24) is 5.32 Å². The van der Waals surface area contributed by atoms with Gasteiger partial charge in [0.2, 0.25) is 0 Å². The Morgan fingerprint density at radius 2 is 1.94 bits per heavy atom. The van der Waals surface area contributed by atoms with Crippen molar-refractivity contribution in [2.45, 2.75) is 77.4 Å². The van der Waals surface area contributed by atoms with Gasteiger partial charge in [0.1, 0.15) is 0 Å². The second kappa shape index (κ2) is 4.79. The molecule has 2 nitrogen and oxygen atoms in total. The van der Waals surface area contributed by atoms with E-state index in [1.807, 2.05) is 0 Å². The number of ether oxygens (including phenoxy) is 1. The highest BCUT2D eigenvalue weighted by atomic mass is 16.5. The Bertz CT molecular complexity index is 293. The van der Waals surface area contributed by atoms with Gasteiger partial charge in [0.05, 0.1) is 6.10 Å².